The van der Waals surface area contributed by atoms with E-state index < -0.39 is 10.0 Å². The Hall–Kier alpha value is -1.93. The predicted molar refractivity (Wildman–Crippen MR) is 101 cm³/mol. The maximum absolute atomic E-state index is 12.6. The van der Waals surface area contributed by atoms with Crippen molar-refractivity contribution in [3.63, 3.8) is 0 Å². The van der Waals surface area contributed by atoms with Gasteiger partial charge in [-0.25, -0.2) is 13.1 Å². The van der Waals surface area contributed by atoms with Gasteiger partial charge >= 0.3 is 0 Å². The van der Waals surface area contributed by atoms with Crippen LogP contribution in [0.5, 0.6) is 0 Å². The van der Waals surface area contributed by atoms with Crippen LogP contribution in [0.25, 0.3) is 0 Å². The molecule has 1 saturated heterocycles. The van der Waals surface area contributed by atoms with E-state index in [1.54, 1.807) is 23.1 Å². The molecule has 0 radical (unpaired) electrons. The van der Waals surface area contributed by atoms with Crippen molar-refractivity contribution in [3.8, 4) is 0 Å². The van der Waals surface area contributed by atoms with E-state index in [-0.39, 0.29) is 35.6 Å². The van der Waals surface area contributed by atoms with Gasteiger partial charge in [0.2, 0.25) is 21.8 Å². The van der Waals surface area contributed by atoms with Crippen molar-refractivity contribution in [1.82, 2.24) is 9.62 Å². The summed E-state index contributed by atoms with van der Waals surface area (Å²) in [7, 11) is -3.49. The fourth-order valence-electron chi connectivity index (χ4n) is 3.77. The van der Waals surface area contributed by atoms with Gasteiger partial charge in [-0.05, 0) is 55.9 Å². The summed E-state index contributed by atoms with van der Waals surface area (Å²) in [4.78, 5) is 28.5. The molecule has 1 saturated carbocycles. The Morgan fingerprint density at radius 2 is 1.74 bits per heavy atom. The molecule has 2 aliphatic heterocycles. The minimum absolute atomic E-state index is 0.0489. The van der Waals surface area contributed by atoms with E-state index in [1.165, 1.54) is 0 Å². The zero-order chi connectivity index (χ0) is 19.0. The molecule has 0 atom stereocenters. The summed E-state index contributed by atoms with van der Waals surface area (Å²) in [5.41, 5.74) is 1.63. The summed E-state index contributed by atoms with van der Waals surface area (Å²) in [6, 6.07) is 5.01. The van der Waals surface area contributed by atoms with Gasteiger partial charge in [-0.1, -0.05) is 0 Å². The number of sulfonamides is 1. The first-order chi connectivity index (χ1) is 12.9. The zero-order valence-electron chi connectivity index (χ0n) is 15.3. The van der Waals surface area contributed by atoms with E-state index in [0.717, 1.165) is 50.0 Å². The number of hydrogen-bond acceptors (Lipinski definition) is 4. The number of nitrogens with one attached hydrogen (secondary N) is 1. The van der Waals surface area contributed by atoms with Crippen LogP contribution in [0.1, 0.15) is 44.1 Å². The molecule has 0 aromatic heterocycles. The fourth-order valence-corrected chi connectivity index (χ4v) is 5.12. The number of benzene rings is 1. The zero-order valence-corrected chi connectivity index (χ0v) is 16.1. The summed E-state index contributed by atoms with van der Waals surface area (Å²) in [6.07, 6.45) is 4.93. The molecular formula is C19H25N3O4S. The van der Waals surface area contributed by atoms with Crippen molar-refractivity contribution in [2.75, 3.05) is 24.5 Å². The average molecular weight is 391 g/mol. The van der Waals surface area contributed by atoms with Crippen LogP contribution in [0, 0.1) is 0 Å². The Balaban J connectivity index is 1.40. The summed E-state index contributed by atoms with van der Waals surface area (Å²) in [5.74, 6) is -0.0270. The van der Waals surface area contributed by atoms with Crippen molar-refractivity contribution in [2.45, 2.75) is 55.9 Å². The SMILES string of the molecule is O=C(CCC(=O)N1CCc2cc(S(=O)(=O)NC3CC3)ccc21)N1CCCC1. The third-order valence-electron chi connectivity index (χ3n) is 5.47. The second-order valence-corrected chi connectivity index (χ2v) is 9.28. The molecule has 27 heavy (non-hydrogen) atoms. The summed E-state index contributed by atoms with van der Waals surface area (Å²) >= 11 is 0. The maximum Gasteiger partial charge on any atom is 0.240 e. The highest BCUT2D eigenvalue weighted by atomic mass is 32.2. The average Bonchev–Trinajstić information content (AvgIpc) is 3.14. The molecule has 2 heterocycles. The van der Waals surface area contributed by atoms with Crippen LogP contribution in [0.3, 0.4) is 0 Å². The van der Waals surface area contributed by atoms with Crippen molar-refractivity contribution in [3.05, 3.63) is 23.8 Å². The third-order valence-corrected chi connectivity index (χ3v) is 6.99. The predicted octanol–water partition coefficient (Wildman–Crippen LogP) is 1.42. The molecule has 0 bridgehead atoms. The van der Waals surface area contributed by atoms with E-state index in [9.17, 15) is 18.0 Å². The molecule has 1 aromatic carbocycles. The van der Waals surface area contributed by atoms with E-state index in [4.69, 9.17) is 0 Å². The standard InChI is InChI=1S/C19H25N3O4S/c23-18(21-10-1-2-11-21)7-8-19(24)22-12-9-14-13-16(5-6-17(14)22)27(25,26)20-15-3-4-15/h5-6,13,15,20H,1-4,7-12H2. The second kappa shape index (κ2) is 7.24. The Bertz CT molecular complexity index is 858. The van der Waals surface area contributed by atoms with Crippen LogP contribution in [-0.2, 0) is 26.0 Å². The monoisotopic (exact) mass is 391 g/mol. The molecule has 1 N–H and O–H groups in total. The van der Waals surface area contributed by atoms with E-state index in [0.29, 0.717) is 13.0 Å². The number of fused-ring (bicyclic) bond motifs is 1. The van der Waals surface area contributed by atoms with Crippen molar-refractivity contribution in [1.29, 1.82) is 0 Å². The number of carbonyl (C=O) groups excluding carboxylic acids is 2. The van der Waals surface area contributed by atoms with Gasteiger partial charge in [0.1, 0.15) is 0 Å². The van der Waals surface area contributed by atoms with Crippen LogP contribution in [0.4, 0.5) is 5.69 Å². The Labute approximate surface area is 159 Å². The van der Waals surface area contributed by atoms with Crippen LogP contribution in [0.2, 0.25) is 0 Å². The van der Waals surface area contributed by atoms with Crippen LogP contribution < -0.4 is 9.62 Å². The summed E-state index contributed by atoms with van der Waals surface area (Å²) in [5, 5.41) is 0. The molecular weight excluding hydrogens is 366 g/mol. The quantitative estimate of drug-likeness (QED) is 0.795. The third kappa shape index (κ3) is 4.01. The highest BCUT2D eigenvalue weighted by Gasteiger charge is 2.30. The van der Waals surface area contributed by atoms with E-state index in [2.05, 4.69) is 4.72 Å². The number of hydrogen-bond donors (Lipinski definition) is 1. The maximum atomic E-state index is 12.6. The van der Waals surface area contributed by atoms with Crippen molar-refractivity contribution < 1.29 is 18.0 Å². The number of anilines is 1. The van der Waals surface area contributed by atoms with Gasteiger partial charge in [0.25, 0.3) is 0 Å². The number of rotatable bonds is 6. The Kier molecular flexibility index (Phi) is 4.94. The van der Waals surface area contributed by atoms with Crippen LogP contribution in [-0.4, -0.2) is 50.8 Å². The van der Waals surface area contributed by atoms with Gasteiger partial charge in [-0.15, -0.1) is 0 Å². The smallest absolute Gasteiger partial charge is 0.240 e. The molecule has 1 aromatic rings. The van der Waals surface area contributed by atoms with Gasteiger partial charge in [0.15, 0.2) is 0 Å². The first-order valence-corrected chi connectivity index (χ1v) is 11.2. The lowest BCUT2D eigenvalue weighted by Gasteiger charge is -2.19. The minimum Gasteiger partial charge on any atom is -0.343 e. The molecule has 4 rings (SSSR count). The molecule has 8 heteroatoms. The van der Waals surface area contributed by atoms with E-state index in [1.807, 2.05) is 4.90 Å². The van der Waals surface area contributed by atoms with Crippen LogP contribution in [0.15, 0.2) is 23.1 Å². The van der Waals surface area contributed by atoms with E-state index >= 15 is 0 Å². The number of nitrogens with zero attached hydrogens (tertiary/aromatic N) is 2. The lowest BCUT2D eigenvalue weighted by atomic mass is 10.2. The largest absolute Gasteiger partial charge is 0.343 e. The fraction of sp³-hybridized carbons (Fsp3) is 0.579. The molecule has 3 aliphatic rings. The highest BCUT2D eigenvalue weighted by molar-refractivity contribution is 7.89. The lowest BCUT2D eigenvalue weighted by Crippen LogP contribution is -2.32. The first-order valence-electron chi connectivity index (χ1n) is 9.67. The lowest BCUT2D eigenvalue weighted by molar-refractivity contribution is -0.132. The van der Waals surface area contributed by atoms with Gasteiger partial charge in [0.05, 0.1) is 4.90 Å². The molecule has 1 aliphatic carbocycles. The van der Waals surface area contributed by atoms with Gasteiger partial charge in [-0.2, -0.15) is 0 Å². The van der Waals surface area contributed by atoms with Gasteiger partial charge in [0, 0.05) is 44.2 Å². The summed E-state index contributed by atoms with van der Waals surface area (Å²) < 4.78 is 27.4. The number of amides is 2. The number of carbonyl (C=O) groups is 2. The molecule has 2 amide bonds. The molecule has 0 unspecified atom stereocenters. The van der Waals surface area contributed by atoms with Gasteiger partial charge < -0.3 is 9.80 Å². The topological polar surface area (TPSA) is 86.8 Å². The number of likely N-dealkylation sites (tertiary alicyclic amines) is 1. The molecule has 0 spiro atoms. The second-order valence-electron chi connectivity index (χ2n) is 7.57. The highest BCUT2D eigenvalue weighted by Crippen LogP contribution is 2.31. The normalized spacial score (nSPS) is 19.4. The summed E-state index contributed by atoms with van der Waals surface area (Å²) in [6.45, 7) is 2.13. The molecule has 7 nitrogen and oxygen atoms in total. The molecule has 2 fully saturated rings. The minimum atomic E-state index is -3.49. The van der Waals surface area contributed by atoms with Crippen molar-refractivity contribution >= 4 is 27.5 Å². The first kappa shape index (κ1) is 18.4. The van der Waals surface area contributed by atoms with Gasteiger partial charge in [-0.3, -0.25) is 9.59 Å². The van der Waals surface area contributed by atoms with Crippen molar-refractivity contribution in [2.24, 2.45) is 0 Å². The molecule has 146 valence electrons. The Morgan fingerprint density at radius 3 is 2.44 bits per heavy atom. The Morgan fingerprint density at radius 1 is 1.04 bits per heavy atom. The van der Waals surface area contributed by atoms with Crippen LogP contribution >= 0.6 is 0 Å².